The number of nitrogens with zero attached hydrogens (tertiary/aromatic N) is 1. The topological polar surface area (TPSA) is 76.5 Å². The maximum absolute atomic E-state index is 12.0. The summed E-state index contributed by atoms with van der Waals surface area (Å²) in [5.41, 5.74) is 0.143. The highest BCUT2D eigenvalue weighted by Crippen LogP contribution is 2.25. The van der Waals surface area contributed by atoms with Crippen LogP contribution in [0.5, 0.6) is 5.88 Å². The smallest absolute Gasteiger partial charge is 0.341 e. The number of aromatic nitrogens is 1. The van der Waals surface area contributed by atoms with Gasteiger partial charge in [0.25, 0.3) is 0 Å². The Bertz CT molecular complexity index is 545. The van der Waals surface area contributed by atoms with Gasteiger partial charge in [0.2, 0.25) is 11.7 Å². The highest BCUT2D eigenvalue weighted by atomic mass is 16.5. The Kier molecular flexibility index (Phi) is 4.50. The molecule has 1 aliphatic carbocycles. The number of carboxylic acids is 1. The molecule has 5 heteroatoms. The molecular formula is C15H17NO4. The molecule has 0 spiro atoms. The average molecular weight is 275 g/mol. The Balaban J connectivity index is 2.15. The molecule has 0 aromatic carbocycles. The number of aromatic carboxylic acids is 1. The summed E-state index contributed by atoms with van der Waals surface area (Å²) in [5, 5.41) is 8.95. The zero-order chi connectivity index (χ0) is 14.5. The van der Waals surface area contributed by atoms with E-state index in [0.717, 1.165) is 12.8 Å². The molecule has 1 aromatic rings. The number of hydrogen-bond donors (Lipinski definition) is 1. The average Bonchev–Trinajstić information content (AvgIpc) is 2.97. The summed E-state index contributed by atoms with van der Waals surface area (Å²) in [6.07, 6.45) is 8.12. The second-order valence-electron chi connectivity index (χ2n) is 4.83. The first-order chi connectivity index (χ1) is 9.61. The first-order valence-electron chi connectivity index (χ1n) is 6.62. The van der Waals surface area contributed by atoms with Gasteiger partial charge in [-0.15, -0.1) is 0 Å². The number of rotatable bonds is 5. The molecular weight excluding hydrogens is 258 g/mol. The molecule has 0 unspecified atom stereocenters. The summed E-state index contributed by atoms with van der Waals surface area (Å²) < 4.78 is 4.91. The van der Waals surface area contributed by atoms with E-state index in [1.165, 1.54) is 38.2 Å². The number of allylic oxidation sites excluding steroid dienone is 2. The molecule has 20 heavy (non-hydrogen) atoms. The Hall–Kier alpha value is -2.17. The van der Waals surface area contributed by atoms with Crippen molar-refractivity contribution in [3.05, 3.63) is 35.5 Å². The third kappa shape index (κ3) is 3.23. The van der Waals surface area contributed by atoms with Crippen LogP contribution in [-0.2, 0) is 0 Å². The minimum Gasteiger partial charge on any atom is -0.480 e. The summed E-state index contributed by atoms with van der Waals surface area (Å²) in [4.78, 5) is 26.9. The van der Waals surface area contributed by atoms with Gasteiger partial charge in [0.05, 0.1) is 7.11 Å². The molecule has 1 aliphatic rings. The third-order valence-electron chi connectivity index (χ3n) is 3.46. The summed E-state index contributed by atoms with van der Waals surface area (Å²) in [6, 6.07) is 2.75. The molecule has 2 rings (SSSR count). The van der Waals surface area contributed by atoms with Gasteiger partial charge in [-0.05, 0) is 37.0 Å². The minimum atomic E-state index is -1.13. The van der Waals surface area contributed by atoms with Gasteiger partial charge in [0.1, 0.15) is 11.3 Å². The Morgan fingerprint density at radius 1 is 1.35 bits per heavy atom. The van der Waals surface area contributed by atoms with Gasteiger partial charge in [0, 0.05) is 0 Å². The number of pyridine rings is 1. The fraction of sp³-hybridized carbons (Fsp3) is 0.400. The lowest BCUT2D eigenvalue weighted by Crippen LogP contribution is -2.07. The normalized spacial score (nSPS) is 15.7. The lowest BCUT2D eigenvalue weighted by Gasteiger charge is -2.05. The van der Waals surface area contributed by atoms with E-state index in [1.807, 2.05) is 6.08 Å². The van der Waals surface area contributed by atoms with E-state index >= 15 is 0 Å². The number of ketones is 1. The van der Waals surface area contributed by atoms with Gasteiger partial charge in [0.15, 0.2) is 0 Å². The summed E-state index contributed by atoms with van der Waals surface area (Å²) in [7, 11) is 1.33. The van der Waals surface area contributed by atoms with Crippen molar-refractivity contribution in [3.8, 4) is 5.88 Å². The molecule has 0 radical (unpaired) electrons. The second-order valence-corrected chi connectivity index (χ2v) is 4.83. The molecule has 1 N–H and O–H groups in total. The Morgan fingerprint density at radius 2 is 2.05 bits per heavy atom. The molecule has 0 atom stereocenters. The molecule has 1 heterocycles. The van der Waals surface area contributed by atoms with Gasteiger partial charge in [-0.1, -0.05) is 18.9 Å². The van der Waals surface area contributed by atoms with E-state index in [9.17, 15) is 9.59 Å². The lowest BCUT2D eigenvalue weighted by molar-refractivity contribution is 0.0691. The van der Waals surface area contributed by atoms with Crippen LogP contribution in [0.2, 0.25) is 0 Å². The van der Waals surface area contributed by atoms with Crippen LogP contribution in [-0.4, -0.2) is 29.0 Å². The molecule has 0 aliphatic heterocycles. The first-order valence-corrected chi connectivity index (χ1v) is 6.62. The predicted octanol–water partition coefficient (Wildman–Crippen LogP) is 2.72. The van der Waals surface area contributed by atoms with E-state index in [2.05, 4.69) is 4.98 Å². The van der Waals surface area contributed by atoms with Crippen LogP contribution in [0.4, 0.5) is 0 Å². The second kappa shape index (κ2) is 6.32. The number of carboxylic acid groups (broad SMARTS) is 1. The maximum Gasteiger partial charge on any atom is 0.341 e. The number of methoxy groups -OCH3 is 1. The van der Waals surface area contributed by atoms with Crippen molar-refractivity contribution in [1.82, 2.24) is 4.98 Å². The number of hydrogen-bond acceptors (Lipinski definition) is 4. The standard InChI is InChI=1S/C15H17NO4/c1-20-14-11(15(18)19)7-8-12(16-14)13(17)9-6-10-4-2-3-5-10/h6-10H,2-5H2,1H3,(H,18,19). The fourth-order valence-electron chi connectivity index (χ4n) is 2.35. The van der Waals surface area contributed by atoms with E-state index in [4.69, 9.17) is 9.84 Å². The minimum absolute atomic E-state index is 0.0439. The van der Waals surface area contributed by atoms with Crippen molar-refractivity contribution in [3.63, 3.8) is 0 Å². The lowest BCUT2D eigenvalue weighted by atomic mass is 10.1. The van der Waals surface area contributed by atoms with Crippen LogP contribution >= 0.6 is 0 Å². The van der Waals surface area contributed by atoms with Crippen molar-refractivity contribution in [2.75, 3.05) is 7.11 Å². The number of carbonyl (C=O) groups excluding carboxylic acids is 1. The molecule has 1 saturated carbocycles. The van der Waals surface area contributed by atoms with Crippen molar-refractivity contribution >= 4 is 11.8 Å². The maximum atomic E-state index is 12.0. The first kappa shape index (κ1) is 14.2. The zero-order valence-electron chi connectivity index (χ0n) is 11.3. The quantitative estimate of drug-likeness (QED) is 0.660. The molecule has 106 valence electrons. The molecule has 1 aromatic heterocycles. The van der Waals surface area contributed by atoms with Gasteiger partial charge < -0.3 is 9.84 Å². The van der Waals surface area contributed by atoms with Crippen molar-refractivity contribution < 1.29 is 19.4 Å². The van der Waals surface area contributed by atoms with E-state index < -0.39 is 5.97 Å². The van der Waals surface area contributed by atoms with Crippen LogP contribution in [0.3, 0.4) is 0 Å². The number of carbonyl (C=O) groups is 2. The Labute approximate surface area is 117 Å². The van der Waals surface area contributed by atoms with Crippen LogP contribution in [0.1, 0.15) is 46.5 Å². The molecule has 5 nitrogen and oxygen atoms in total. The third-order valence-corrected chi connectivity index (χ3v) is 3.46. The van der Waals surface area contributed by atoms with Gasteiger partial charge >= 0.3 is 5.97 Å². The zero-order valence-corrected chi connectivity index (χ0v) is 11.3. The molecule has 0 amide bonds. The summed E-state index contributed by atoms with van der Waals surface area (Å²) in [5.74, 6) is -0.932. The van der Waals surface area contributed by atoms with Gasteiger partial charge in [-0.25, -0.2) is 9.78 Å². The summed E-state index contributed by atoms with van der Waals surface area (Å²) in [6.45, 7) is 0. The van der Waals surface area contributed by atoms with Crippen molar-refractivity contribution in [1.29, 1.82) is 0 Å². The molecule has 0 bridgehead atoms. The van der Waals surface area contributed by atoms with Crippen LogP contribution < -0.4 is 4.74 Å². The van der Waals surface area contributed by atoms with E-state index in [1.54, 1.807) is 0 Å². The fourth-order valence-corrected chi connectivity index (χ4v) is 2.35. The van der Waals surface area contributed by atoms with Crippen LogP contribution in [0.25, 0.3) is 0 Å². The van der Waals surface area contributed by atoms with Crippen LogP contribution in [0, 0.1) is 5.92 Å². The van der Waals surface area contributed by atoms with E-state index in [-0.39, 0.29) is 22.9 Å². The van der Waals surface area contributed by atoms with Gasteiger partial charge in [-0.2, -0.15) is 0 Å². The SMILES string of the molecule is COc1nc(C(=O)C=CC2CCCC2)ccc1C(=O)O. The number of ether oxygens (including phenoxy) is 1. The highest BCUT2D eigenvalue weighted by Gasteiger charge is 2.16. The monoisotopic (exact) mass is 275 g/mol. The predicted molar refractivity (Wildman–Crippen MR) is 73.2 cm³/mol. The molecule has 0 saturated heterocycles. The molecule has 1 fully saturated rings. The summed E-state index contributed by atoms with van der Waals surface area (Å²) >= 11 is 0. The van der Waals surface area contributed by atoms with Crippen molar-refractivity contribution in [2.45, 2.75) is 25.7 Å². The van der Waals surface area contributed by atoms with Gasteiger partial charge in [-0.3, -0.25) is 4.79 Å². The highest BCUT2D eigenvalue weighted by molar-refractivity contribution is 6.03. The Morgan fingerprint density at radius 3 is 2.65 bits per heavy atom. The van der Waals surface area contributed by atoms with Crippen molar-refractivity contribution in [2.24, 2.45) is 5.92 Å². The van der Waals surface area contributed by atoms with E-state index in [0.29, 0.717) is 5.92 Å². The largest absolute Gasteiger partial charge is 0.480 e. The van der Waals surface area contributed by atoms with Crippen LogP contribution in [0.15, 0.2) is 24.3 Å².